The van der Waals surface area contributed by atoms with Crippen molar-refractivity contribution in [3.63, 3.8) is 0 Å². The molecule has 0 bridgehead atoms. The molecule has 1 aromatic heterocycles. The van der Waals surface area contributed by atoms with Crippen LogP contribution in [-0.2, 0) is 11.2 Å². The normalized spacial score (nSPS) is 10.5. The molecule has 7 heteroatoms. The lowest BCUT2D eigenvalue weighted by Crippen LogP contribution is -2.14. The number of nitrogens with zero attached hydrogens (tertiary/aromatic N) is 2. The van der Waals surface area contributed by atoms with Gasteiger partial charge in [-0.15, -0.1) is 0 Å². The van der Waals surface area contributed by atoms with Crippen molar-refractivity contribution in [1.29, 1.82) is 0 Å². The fourth-order valence-corrected chi connectivity index (χ4v) is 3.04. The molecule has 0 unspecified atom stereocenters. The molecule has 116 valence electrons. The molecule has 0 fully saturated rings. The number of hydrogen-bond donors (Lipinski definition) is 1. The van der Waals surface area contributed by atoms with Crippen molar-refractivity contribution in [2.75, 3.05) is 5.32 Å². The van der Waals surface area contributed by atoms with Crippen LogP contribution in [0.3, 0.4) is 0 Å². The van der Waals surface area contributed by atoms with Gasteiger partial charge < -0.3 is 5.32 Å². The van der Waals surface area contributed by atoms with Crippen LogP contribution in [0.4, 0.5) is 9.52 Å². The van der Waals surface area contributed by atoms with Gasteiger partial charge in [0.2, 0.25) is 11.0 Å². The number of hydrogen-bond acceptors (Lipinski definition) is 4. The highest BCUT2D eigenvalue weighted by molar-refractivity contribution is 9.10. The largest absolute Gasteiger partial charge is 0.300 e. The van der Waals surface area contributed by atoms with Crippen LogP contribution >= 0.6 is 27.5 Å². The Morgan fingerprint density at radius 2 is 2.00 bits per heavy atom. The summed E-state index contributed by atoms with van der Waals surface area (Å²) in [5, 5.41) is 3.15. The summed E-state index contributed by atoms with van der Waals surface area (Å²) in [7, 11) is 0. The minimum absolute atomic E-state index is 0.162. The first kappa shape index (κ1) is 15.8. The van der Waals surface area contributed by atoms with Crippen molar-refractivity contribution in [3.8, 4) is 11.4 Å². The van der Waals surface area contributed by atoms with Crippen molar-refractivity contribution in [1.82, 2.24) is 9.36 Å². The van der Waals surface area contributed by atoms with E-state index >= 15 is 0 Å². The highest BCUT2D eigenvalue weighted by Crippen LogP contribution is 2.21. The number of halogens is 2. The molecule has 3 aromatic rings. The Kier molecular flexibility index (Phi) is 4.78. The Bertz CT molecular complexity index is 835. The SMILES string of the molecule is O=C(Cc1cccc(Br)c1)Nc1nc(-c2ccc(F)cc2)ns1. The molecule has 0 aliphatic heterocycles. The molecule has 0 aliphatic rings. The van der Waals surface area contributed by atoms with Gasteiger partial charge in [0.25, 0.3) is 0 Å². The molecule has 1 N–H and O–H groups in total. The minimum Gasteiger partial charge on any atom is -0.300 e. The monoisotopic (exact) mass is 391 g/mol. The Hall–Kier alpha value is -2.12. The molecule has 4 nitrogen and oxygen atoms in total. The number of nitrogens with one attached hydrogen (secondary N) is 1. The van der Waals surface area contributed by atoms with Crippen LogP contribution in [0.25, 0.3) is 11.4 Å². The molecule has 0 saturated carbocycles. The second-order valence-corrected chi connectivity index (χ2v) is 6.45. The summed E-state index contributed by atoms with van der Waals surface area (Å²) in [5.41, 5.74) is 1.61. The lowest BCUT2D eigenvalue weighted by Gasteiger charge is -2.02. The van der Waals surface area contributed by atoms with Crippen LogP contribution in [0.15, 0.2) is 53.0 Å². The van der Waals surface area contributed by atoms with Crippen LogP contribution in [0, 0.1) is 5.82 Å². The molecular formula is C16H11BrFN3OS. The zero-order chi connectivity index (χ0) is 16.2. The van der Waals surface area contributed by atoms with Gasteiger partial charge in [0.1, 0.15) is 5.82 Å². The smallest absolute Gasteiger partial charge is 0.230 e. The first-order valence-electron chi connectivity index (χ1n) is 6.74. The maximum Gasteiger partial charge on any atom is 0.230 e. The van der Waals surface area contributed by atoms with Crippen LogP contribution in [-0.4, -0.2) is 15.3 Å². The van der Waals surface area contributed by atoms with Gasteiger partial charge in [-0.05, 0) is 42.0 Å². The topological polar surface area (TPSA) is 54.9 Å². The number of carbonyl (C=O) groups excluding carboxylic acids is 1. The van der Waals surface area contributed by atoms with E-state index in [1.54, 1.807) is 12.1 Å². The van der Waals surface area contributed by atoms with E-state index in [1.807, 2.05) is 24.3 Å². The quantitative estimate of drug-likeness (QED) is 0.721. The molecule has 3 rings (SSSR count). The van der Waals surface area contributed by atoms with Crippen molar-refractivity contribution in [2.24, 2.45) is 0 Å². The minimum atomic E-state index is -0.313. The average molecular weight is 392 g/mol. The summed E-state index contributed by atoms with van der Waals surface area (Å²) in [6, 6.07) is 13.5. The van der Waals surface area contributed by atoms with Crippen LogP contribution < -0.4 is 5.32 Å². The van der Waals surface area contributed by atoms with Crippen molar-refractivity contribution in [3.05, 3.63) is 64.4 Å². The Morgan fingerprint density at radius 3 is 2.74 bits per heavy atom. The summed E-state index contributed by atoms with van der Waals surface area (Å²) in [5.74, 6) is -0.0100. The predicted molar refractivity (Wildman–Crippen MR) is 91.8 cm³/mol. The molecular weight excluding hydrogens is 381 g/mol. The zero-order valence-electron chi connectivity index (χ0n) is 11.8. The van der Waals surface area contributed by atoms with E-state index in [1.165, 1.54) is 12.1 Å². The van der Waals surface area contributed by atoms with Gasteiger partial charge in [0.05, 0.1) is 6.42 Å². The fourth-order valence-electron chi connectivity index (χ4n) is 1.99. The van der Waals surface area contributed by atoms with Crippen molar-refractivity contribution in [2.45, 2.75) is 6.42 Å². The van der Waals surface area contributed by atoms with E-state index in [4.69, 9.17) is 0 Å². The standard InChI is InChI=1S/C16H11BrFN3OS/c17-12-3-1-2-10(8-12)9-14(22)19-16-20-15(21-23-16)11-4-6-13(18)7-5-11/h1-8H,9H2,(H,19,20,21,22). The maximum atomic E-state index is 12.9. The van der Waals surface area contributed by atoms with Crippen LogP contribution in [0.2, 0.25) is 0 Å². The molecule has 1 amide bonds. The third kappa shape index (κ3) is 4.20. The number of rotatable bonds is 4. The fraction of sp³-hybridized carbons (Fsp3) is 0.0625. The number of anilines is 1. The lowest BCUT2D eigenvalue weighted by molar-refractivity contribution is -0.115. The summed E-state index contributed by atoms with van der Waals surface area (Å²) >= 11 is 4.47. The summed E-state index contributed by atoms with van der Waals surface area (Å²) in [6.45, 7) is 0. The second-order valence-electron chi connectivity index (χ2n) is 4.78. The predicted octanol–water partition coefficient (Wildman–Crippen LogP) is 4.29. The Labute approximate surface area is 144 Å². The molecule has 23 heavy (non-hydrogen) atoms. The summed E-state index contributed by atoms with van der Waals surface area (Å²) in [6.07, 6.45) is 0.255. The molecule has 0 spiro atoms. The van der Waals surface area contributed by atoms with E-state index in [0.29, 0.717) is 16.5 Å². The van der Waals surface area contributed by atoms with E-state index in [2.05, 4.69) is 30.6 Å². The maximum absolute atomic E-state index is 12.9. The highest BCUT2D eigenvalue weighted by atomic mass is 79.9. The Morgan fingerprint density at radius 1 is 1.22 bits per heavy atom. The first-order chi connectivity index (χ1) is 11.1. The molecule has 2 aromatic carbocycles. The third-order valence-corrected chi connectivity index (χ3v) is 4.15. The average Bonchev–Trinajstić information content (AvgIpc) is 2.96. The first-order valence-corrected chi connectivity index (χ1v) is 8.31. The summed E-state index contributed by atoms with van der Waals surface area (Å²) in [4.78, 5) is 16.3. The van der Waals surface area contributed by atoms with Gasteiger partial charge in [0, 0.05) is 21.6 Å². The molecule has 1 heterocycles. The van der Waals surface area contributed by atoms with E-state index in [0.717, 1.165) is 21.6 Å². The van der Waals surface area contributed by atoms with E-state index in [-0.39, 0.29) is 18.1 Å². The zero-order valence-corrected chi connectivity index (χ0v) is 14.2. The number of aromatic nitrogens is 2. The molecule has 0 aliphatic carbocycles. The van der Waals surface area contributed by atoms with E-state index < -0.39 is 0 Å². The Balaban J connectivity index is 1.66. The molecule has 0 atom stereocenters. The van der Waals surface area contributed by atoms with Crippen molar-refractivity contribution < 1.29 is 9.18 Å². The van der Waals surface area contributed by atoms with Gasteiger partial charge >= 0.3 is 0 Å². The van der Waals surface area contributed by atoms with Crippen molar-refractivity contribution >= 4 is 38.5 Å². The van der Waals surface area contributed by atoms with Crippen LogP contribution in [0.1, 0.15) is 5.56 Å². The highest BCUT2D eigenvalue weighted by Gasteiger charge is 2.10. The van der Waals surface area contributed by atoms with Gasteiger partial charge in [-0.1, -0.05) is 28.1 Å². The lowest BCUT2D eigenvalue weighted by atomic mass is 10.1. The van der Waals surface area contributed by atoms with Crippen LogP contribution in [0.5, 0.6) is 0 Å². The second kappa shape index (κ2) is 6.97. The third-order valence-electron chi connectivity index (χ3n) is 3.03. The number of amides is 1. The molecule has 0 saturated heterocycles. The van der Waals surface area contributed by atoms with Gasteiger partial charge in [-0.25, -0.2) is 4.39 Å². The van der Waals surface area contributed by atoms with Gasteiger partial charge in [-0.3, -0.25) is 4.79 Å². The molecule has 0 radical (unpaired) electrons. The van der Waals surface area contributed by atoms with E-state index in [9.17, 15) is 9.18 Å². The number of benzene rings is 2. The summed E-state index contributed by atoms with van der Waals surface area (Å²) < 4.78 is 18.0. The van der Waals surface area contributed by atoms with Gasteiger partial charge in [-0.2, -0.15) is 9.36 Å². The van der Waals surface area contributed by atoms with Gasteiger partial charge in [0.15, 0.2) is 5.82 Å². The number of carbonyl (C=O) groups is 1.